The van der Waals surface area contributed by atoms with Gasteiger partial charge in [0, 0.05) is 57.5 Å². The van der Waals surface area contributed by atoms with Gasteiger partial charge in [0.15, 0.2) is 0 Å². The van der Waals surface area contributed by atoms with Crippen LogP contribution in [0.5, 0.6) is 5.88 Å². The first-order valence-electron chi connectivity index (χ1n) is 17.0. The highest BCUT2D eigenvalue weighted by Crippen LogP contribution is 2.35. The van der Waals surface area contributed by atoms with Gasteiger partial charge in [-0.2, -0.15) is 0 Å². The van der Waals surface area contributed by atoms with Gasteiger partial charge in [-0.1, -0.05) is 12.1 Å². The molecule has 2 amide bonds. The lowest BCUT2D eigenvalue weighted by atomic mass is 10.0. The highest BCUT2D eigenvalue weighted by atomic mass is 19.1. The fourth-order valence-corrected chi connectivity index (χ4v) is 6.71. The molecule has 2 fully saturated rings. The third-order valence-electron chi connectivity index (χ3n) is 9.30. The number of nitrogens with zero attached hydrogens (tertiary/aromatic N) is 4. The molecule has 0 radical (unpaired) electrons. The van der Waals surface area contributed by atoms with Crippen molar-refractivity contribution in [3.63, 3.8) is 0 Å². The van der Waals surface area contributed by atoms with Crippen LogP contribution in [0.2, 0.25) is 0 Å². The zero-order valence-corrected chi connectivity index (χ0v) is 28.9. The van der Waals surface area contributed by atoms with Crippen LogP contribution in [0.3, 0.4) is 0 Å². The topological polar surface area (TPSA) is 118 Å². The van der Waals surface area contributed by atoms with Gasteiger partial charge in [0.05, 0.1) is 45.6 Å². The number of piperazine rings is 1. The molecule has 3 aliphatic rings. The van der Waals surface area contributed by atoms with E-state index in [0.29, 0.717) is 62.8 Å². The molecule has 0 aliphatic carbocycles. The number of halogens is 1. The number of rotatable bonds is 13. The van der Waals surface area contributed by atoms with E-state index in [1.54, 1.807) is 24.1 Å². The molecular weight excluding hydrogens is 619 g/mol. The second-order valence-electron chi connectivity index (χ2n) is 13.2. The number of morpholine rings is 1. The number of nitrogens with one attached hydrogen (secondary N) is 2. The Morgan fingerprint density at radius 1 is 1.04 bits per heavy atom. The molecule has 5 atom stereocenters. The molecule has 2 N–H and O–H groups in total. The van der Waals surface area contributed by atoms with Crippen molar-refractivity contribution in [2.24, 2.45) is 0 Å². The zero-order chi connectivity index (χ0) is 34.2. The number of pyridine rings is 1. The van der Waals surface area contributed by atoms with Crippen LogP contribution in [0.4, 0.5) is 10.1 Å². The fourth-order valence-electron chi connectivity index (χ4n) is 6.71. The summed E-state index contributed by atoms with van der Waals surface area (Å²) in [6.45, 7) is 14.3. The fraction of sp³-hybridized carbons (Fsp3) is 0.629. The van der Waals surface area contributed by atoms with Crippen molar-refractivity contribution in [1.29, 1.82) is 0 Å². The van der Waals surface area contributed by atoms with Crippen molar-refractivity contribution in [3.05, 3.63) is 53.0 Å². The van der Waals surface area contributed by atoms with E-state index in [2.05, 4.69) is 46.2 Å². The van der Waals surface area contributed by atoms with Gasteiger partial charge in [-0.25, -0.2) is 9.37 Å². The van der Waals surface area contributed by atoms with Gasteiger partial charge in [-0.15, -0.1) is 0 Å². The quantitative estimate of drug-likeness (QED) is 0.307. The molecule has 2 aromatic rings. The molecular formula is C35H51FN6O6. The van der Waals surface area contributed by atoms with Crippen LogP contribution in [0.1, 0.15) is 49.3 Å². The summed E-state index contributed by atoms with van der Waals surface area (Å²) in [6, 6.07) is 8.75. The number of anilines is 1. The molecule has 13 heteroatoms. The number of methoxy groups -OCH3 is 1. The highest BCUT2D eigenvalue weighted by Gasteiger charge is 2.37. The van der Waals surface area contributed by atoms with Gasteiger partial charge in [-0.05, 0) is 63.4 Å². The minimum Gasteiger partial charge on any atom is -0.474 e. The number of aromatic nitrogens is 1. The molecule has 1 unspecified atom stereocenters. The summed E-state index contributed by atoms with van der Waals surface area (Å²) in [6.07, 6.45) is 0.317. The van der Waals surface area contributed by atoms with Crippen LogP contribution in [-0.4, -0.2) is 136 Å². The van der Waals surface area contributed by atoms with Crippen LogP contribution < -0.4 is 20.3 Å². The number of ether oxygens (including phenoxy) is 4. The summed E-state index contributed by atoms with van der Waals surface area (Å²) < 4.78 is 36.0. The van der Waals surface area contributed by atoms with Gasteiger partial charge < -0.3 is 34.5 Å². The maximum absolute atomic E-state index is 14.3. The highest BCUT2D eigenvalue weighted by molar-refractivity contribution is 5.99. The first-order valence-corrected chi connectivity index (χ1v) is 17.0. The summed E-state index contributed by atoms with van der Waals surface area (Å²) in [4.78, 5) is 39.0. The lowest BCUT2D eigenvalue weighted by molar-refractivity contribution is -0.122. The standard InChI is InChI=1S/C35H51FN6O6/c1-23-17-40(30(16-38-23)18-41-24(2)20-47-21-25(41)3)19-32(43)42-26(4)22-48-35-31(42)15-28(14-27-6-8-29(36)9-7-27)33(39-35)34(44)37-10-11-46-13-12-45-5/h6-9,15,23-26,30,38H,10-14,16-22H2,1-5H3,(H,37,44)/t23-,24-,25-,26?,30-/m1/s1. The van der Waals surface area contributed by atoms with Gasteiger partial charge >= 0.3 is 0 Å². The average Bonchev–Trinajstić information content (AvgIpc) is 3.06. The molecule has 0 saturated carbocycles. The van der Waals surface area contributed by atoms with Crippen molar-refractivity contribution in [1.82, 2.24) is 25.4 Å². The van der Waals surface area contributed by atoms with Gasteiger partial charge in [0.25, 0.3) is 5.91 Å². The summed E-state index contributed by atoms with van der Waals surface area (Å²) in [5.41, 5.74) is 2.15. The number of fused-ring (bicyclic) bond motifs is 1. The molecule has 4 heterocycles. The monoisotopic (exact) mass is 670 g/mol. The van der Waals surface area contributed by atoms with E-state index in [-0.39, 0.29) is 67.0 Å². The predicted molar refractivity (Wildman–Crippen MR) is 180 cm³/mol. The molecule has 264 valence electrons. The van der Waals surface area contributed by atoms with Crippen LogP contribution in [-0.2, 0) is 25.4 Å². The van der Waals surface area contributed by atoms with Crippen molar-refractivity contribution >= 4 is 17.5 Å². The molecule has 1 aromatic heterocycles. The number of benzene rings is 1. The van der Waals surface area contributed by atoms with Crippen molar-refractivity contribution in [2.45, 2.75) is 64.3 Å². The summed E-state index contributed by atoms with van der Waals surface area (Å²) in [7, 11) is 1.60. The minimum absolute atomic E-state index is 0.0471. The number of hydrogen-bond donors (Lipinski definition) is 2. The van der Waals surface area contributed by atoms with Gasteiger partial charge in [-0.3, -0.25) is 19.4 Å². The molecule has 5 rings (SSSR count). The normalized spacial score (nSPS) is 25.0. The maximum Gasteiger partial charge on any atom is 0.270 e. The van der Waals surface area contributed by atoms with Crippen LogP contribution in [0, 0.1) is 5.82 Å². The Hall–Kier alpha value is -3.20. The largest absolute Gasteiger partial charge is 0.474 e. The van der Waals surface area contributed by atoms with Gasteiger partial charge in [0.2, 0.25) is 11.8 Å². The Kier molecular flexibility index (Phi) is 12.7. The third kappa shape index (κ3) is 9.07. The lowest BCUT2D eigenvalue weighted by Crippen LogP contribution is -2.63. The first kappa shape index (κ1) is 36.1. The Morgan fingerprint density at radius 3 is 2.52 bits per heavy atom. The van der Waals surface area contributed by atoms with Crippen molar-refractivity contribution in [2.75, 3.05) is 84.4 Å². The maximum atomic E-state index is 14.3. The van der Waals surface area contributed by atoms with Crippen molar-refractivity contribution < 1.29 is 32.9 Å². The van der Waals surface area contributed by atoms with E-state index in [0.717, 1.165) is 25.2 Å². The minimum atomic E-state index is -0.380. The van der Waals surface area contributed by atoms with E-state index < -0.39 is 0 Å². The summed E-state index contributed by atoms with van der Waals surface area (Å²) in [5, 5.41) is 6.48. The van der Waals surface area contributed by atoms with Crippen molar-refractivity contribution in [3.8, 4) is 5.88 Å². The van der Waals surface area contributed by atoms with E-state index >= 15 is 0 Å². The molecule has 48 heavy (non-hydrogen) atoms. The third-order valence-corrected chi connectivity index (χ3v) is 9.30. The first-order chi connectivity index (χ1) is 23.1. The van der Waals surface area contributed by atoms with E-state index in [4.69, 9.17) is 18.9 Å². The number of amides is 2. The number of hydrogen-bond acceptors (Lipinski definition) is 10. The second-order valence-corrected chi connectivity index (χ2v) is 13.2. The van der Waals surface area contributed by atoms with E-state index in [1.165, 1.54) is 12.1 Å². The van der Waals surface area contributed by atoms with Crippen LogP contribution >= 0.6 is 0 Å². The Labute approximate surface area is 283 Å². The smallest absolute Gasteiger partial charge is 0.270 e. The Morgan fingerprint density at radius 2 is 1.79 bits per heavy atom. The Bertz CT molecular complexity index is 1370. The molecule has 0 spiro atoms. The van der Waals surface area contributed by atoms with Gasteiger partial charge in [0.1, 0.15) is 23.8 Å². The SMILES string of the molecule is COCCOCCNC(=O)c1nc2c(cc1Cc1ccc(F)cc1)N(C(=O)CN1C[C@@H](C)NC[C@@H]1CN1[C@H](C)COC[C@H]1C)C(C)CO2. The second kappa shape index (κ2) is 17.0. The zero-order valence-electron chi connectivity index (χ0n) is 28.9. The van der Waals surface area contributed by atoms with E-state index in [1.807, 2.05) is 13.0 Å². The molecule has 3 aliphatic heterocycles. The summed E-state index contributed by atoms with van der Waals surface area (Å²) in [5.74, 6) is -0.526. The van der Waals surface area contributed by atoms with Crippen LogP contribution in [0.15, 0.2) is 30.3 Å². The molecule has 0 bridgehead atoms. The number of carbonyl (C=O) groups is 2. The number of carbonyl (C=O) groups excluding carboxylic acids is 2. The molecule has 2 saturated heterocycles. The van der Waals surface area contributed by atoms with E-state index in [9.17, 15) is 14.0 Å². The summed E-state index contributed by atoms with van der Waals surface area (Å²) >= 11 is 0. The average molecular weight is 671 g/mol. The van der Waals surface area contributed by atoms with Crippen LogP contribution in [0.25, 0.3) is 0 Å². The molecule has 1 aromatic carbocycles. The predicted octanol–water partition coefficient (Wildman–Crippen LogP) is 2.09. The Balaban J connectivity index is 1.38. The molecule has 12 nitrogen and oxygen atoms in total. The lowest BCUT2D eigenvalue weighted by Gasteiger charge is -2.46.